The molecule has 19 heavy (non-hydrogen) atoms. The lowest BCUT2D eigenvalue weighted by atomic mass is 9.85. The summed E-state index contributed by atoms with van der Waals surface area (Å²) in [5, 5.41) is 20.9. The Balaban J connectivity index is 5.27. The minimum absolute atomic E-state index is 0.0907. The van der Waals surface area contributed by atoms with Crippen molar-refractivity contribution in [1.82, 2.24) is 0 Å². The standard InChI is InChI=1S/C15H34O3Si/c1-10-12(16)15(7,17)13(11(2)3)18-19(8,9)14(4,5)6/h11-13,16-17H,10H2,1-9H3/t12-,13-,15-/m1/s1. The fourth-order valence-corrected chi connectivity index (χ4v) is 3.53. The summed E-state index contributed by atoms with van der Waals surface area (Å²) >= 11 is 0. The van der Waals surface area contributed by atoms with Crippen LogP contribution >= 0.6 is 0 Å². The summed E-state index contributed by atoms with van der Waals surface area (Å²) < 4.78 is 6.38. The van der Waals surface area contributed by atoms with Crippen LogP contribution in [0.5, 0.6) is 0 Å². The Labute approximate surface area is 120 Å². The molecular formula is C15H34O3Si. The maximum absolute atomic E-state index is 10.7. The Hall–Kier alpha value is 0.0969. The SMILES string of the molecule is CC[C@@H](O)[C@@](C)(O)[C@H](O[Si](C)(C)C(C)(C)C)C(C)C. The van der Waals surface area contributed by atoms with Crippen molar-refractivity contribution in [2.24, 2.45) is 5.92 Å². The normalized spacial score (nSPS) is 20.2. The molecule has 0 heterocycles. The second-order valence-corrected chi connectivity index (χ2v) is 12.4. The largest absolute Gasteiger partial charge is 0.411 e. The van der Waals surface area contributed by atoms with Gasteiger partial charge in [-0.3, -0.25) is 0 Å². The van der Waals surface area contributed by atoms with E-state index in [1.165, 1.54) is 0 Å². The average Bonchev–Trinajstić information content (AvgIpc) is 2.22. The van der Waals surface area contributed by atoms with E-state index >= 15 is 0 Å². The van der Waals surface area contributed by atoms with Gasteiger partial charge in [0.25, 0.3) is 0 Å². The van der Waals surface area contributed by atoms with E-state index in [1.807, 2.05) is 20.8 Å². The second-order valence-electron chi connectivity index (χ2n) is 7.69. The van der Waals surface area contributed by atoms with Crippen LogP contribution in [0.1, 0.15) is 54.9 Å². The van der Waals surface area contributed by atoms with Gasteiger partial charge >= 0.3 is 0 Å². The van der Waals surface area contributed by atoms with E-state index in [0.29, 0.717) is 6.42 Å². The van der Waals surface area contributed by atoms with Gasteiger partial charge in [-0.25, -0.2) is 0 Å². The smallest absolute Gasteiger partial charge is 0.192 e. The Kier molecular flexibility index (Phi) is 6.28. The molecule has 0 aromatic heterocycles. The summed E-state index contributed by atoms with van der Waals surface area (Å²) in [5.41, 5.74) is -1.21. The predicted octanol–water partition coefficient (Wildman–Crippen LogP) is 3.55. The van der Waals surface area contributed by atoms with Crippen molar-refractivity contribution in [1.29, 1.82) is 0 Å². The molecule has 3 nitrogen and oxygen atoms in total. The van der Waals surface area contributed by atoms with Crippen LogP contribution in [0.2, 0.25) is 18.1 Å². The Morgan fingerprint density at radius 3 is 1.79 bits per heavy atom. The zero-order valence-corrected chi connectivity index (χ0v) is 15.2. The summed E-state index contributed by atoms with van der Waals surface area (Å²) in [6.45, 7) is 18.5. The number of hydrogen-bond donors (Lipinski definition) is 2. The van der Waals surface area contributed by atoms with Gasteiger partial charge in [-0.15, -0.1) is 0 Å². The highest BCUT2D eigenvalue weighted by Crippen LogP contribution is 2.40. The third-order valence-electron chi connectivity index (χ3n) is 4.47. The number of aliphatic hydroxyl groups is 2. The quantitative estimate of drug-likeness (QED) is 0.735. The lowest BCUT2D eigenvalue weighted by molar-refractivity contribution is -0.142. The van der Waals surface area contributed by atoms with E-state index < -0.39 is 20.0 Å². The summed E-state index contributed by atoms with van der Waals surface area (Å²) in [5.74, 6) is 0.158. The highest BCUT2D eigenvalue weighted by atomic mass is 28.4. The third-order valence-corrected chi connectivity index (χ3v) is 8.93. The van der Waals surface area contributed by atoms with E-state index in [9.17, 15) is 10.2 Å². The van der Waals surface area contributed by atoms with Crippen LogP contribution in [0, 0.1) is 5.92 Å². The first-order valence-electron chi connectivity index (χ1n) is 7.35. The van der Waals surface area contributed by atoms with E-state index in [4.69, 9.17) is 4.43 Å². The van der Waals surface area contributed by atoms with Gasteiger partial charge < -0.3 is 14.6 Å². The molecule has 0 aromatic carbocycles. The van der Waals surface area contributed by atoms with Gasteiger partial charge in [-0.05, 0) is 37.4 Å². The number of hydrogen-bond acceptors (Lipinski definition) is 3. The molecule has 0 bridgehead atoms. The van der Waals surface area contributed by atoms with Crippen LogP contribution in [0.4, 0.5) is 0 Å². The van der Waals surface area contributed by atoms with Gasteiger partial charge in [0.2, 0.25) is 0 Å². The molecule has 3 atom stereocenters. The van der Waals surface area contributed by atoms with Crippen LogP contribution in [-0.2, 0) is 4.43 Å². The summed E-state index contributed by atoms with van der Waals surface area (Å²) in [6.07, 6.45) is -0.579. The van der Waals surface area contributed by atoms with Crippen molar-refractivity contribution in [3.05, 3.63) is 0 Å². The molecule has 0 radical (unpaired) electrons. The molecule has 116 valence electrons. The monoisotopic (exact) mass is 290 g/mol. The third kappa shape index (κ3) is 4.55. The van der Waals surface area contributed by atoms with Gasteiger partial charge in [0.1, 0.15) is 5.60 Å². The fraction of sp³-hybridized carbons (Fsp3) is 1.00. The Morgan fingerprint density at radius 2 is 1.53 bits per heavy atom. The molecule has 0 saturated carbocycles. The van der Waals surface area contributed by atoms with Crippen molar-refractivity contribution in [3.63, 3.8) is 0 Å². The van der Waals surface area contributed by atoms with Crippen LogP contribution in [-0.4, -0.2) is 36.3 Å². The molecule has 0 aromatic rings. The first-order valence-corrected chi connectivity index (χ1v) is 10.3. The average molecular weight is 291 g/mol. The zero-order valence-electron chi connectivity index (χ0n) is 14.2. The lowest BCUT2D eigenvalue weighted by Crippen LogP contribution is -2.58. The molecule has 4 heteroatoms. The highest BCUT2D eigenvalue weighted by molar-refractivity contribution is 6.74. The van der Waals surface area contributed by atoms with Crippen molar-refractivity contribution in [2.75, 3.05) is 0 Å². The Bertz CT molecular complexity index is 280. The van der Waals surface area contributed by atoms with Crippen molar-refractivity contribution >= 4 is 8.32 Å². The molecular weight excluding hydrogens is 256 g/mol. The van der Waals surface area contributed by atoms with E-state index in [1.54, 1.807) is 6.92 Å². The first kappa shape index (κ1) is 19.1. The van der Waals surface area contributed by atoms with Gasteiger partial charge in [-0.1, -0.05) is 41.5 Å². The maximum Gasteiger partial charge on any atom is 0.192 e. The first-order chi connectivity index (χ1) is 8.27. The maximum atomic E-state index is 10.7. The van der Waals surface area contributed by atoms with Crippen molar-refractivity contribution < 1.29 is 14.6 Å². The van der Waals surface area contributed by atoms with Crippen LogP contribution < -0.4 is 0 Å². The predicted molar refractivity (Wildman–Crippen MR) is 83.8 cm³/mol. The number of aliphatic hydroxyl groups excluding tert-OH is 1. The minimum Gasteiger partial charge on any atom is -0.411 e. The topological polar surface area (TPSA) is 49.7 Å². The molecule has 0 unspecified atom stereocenters. The molecule has 0 aliphatic carbocycles. The van der Waals surface area contributed by atoms with E-state index in [0.717, 1.165) is 0 Å². The molecule has 0 aliphatic rings. The summed E-state index contributed by atoms with van der Waals surface area (Å²) in [4.78, 5) is 0. The molecule has 0 saturated heterocycles. The fourth-order valence-electron chi connectivity index (χ4n) is 2.03. The van der Waals surface area contributed by atoms with Gasteiger partial charge in [0.05, 0.1) is 12.2 Å². The van der Waals surface area contributed by atoms with E-state index in [-0.39, 0.29) is 17.1 Å². The second kappa shape index (κ2) is 6.25. The molecule has 0 rings (SSSR count). The van der Waals surface area contributed by atoms with Crippen molar-refractivity contribution in [2.45, 2.75) is 90.8 Å². The lowest BCUT2D eigenvalue weighted by Gasteiger charge is -2.46. The van der Waals surface area contributed by atoms with Crippen molar-refractivity contribution in [3.8, 4) is 0 Å². The molecule has 0 amide bonds. The molecule has 0 fully saturated rings. The van der Waals surface area contributed by atoms with Crippen LogP contribution in [0.25, 0.3) is 0 Å². The zero-order chi connectivity index (χ0) is 15.6. The van der Waals surface area contributed by atoms with Gasteiger partial charge in [-0.2, -0.15) is 0 Å². The van der Waals surface area contributed by atoms with Crippen LogP contribution in [0.3, 0.4) is 0 Å². The summed E-state index contributed by atoms with van der Waals surface area (Å²) in [6, 6.07) is 0. The van der Waals surface area contributed by atoms with Gasteiger partial charge in [0, 0.05) is 0 Å². The van der Waals surface area contributed by atoms with Gasteiger partial charge in [0.15, 0.2) is 8.32 Å². The van der Waals surface area contributed by atoms with Crippen LogP contribution in [0.15, 0.2) is 0 Å². The van der Waals surface area contributed by atoms with E-state index in [2.05, 4.69) is 33.9 Å². The molecule has 0 spiro atoms. The highest BCUT2D eigenvalue weighted by Gasteiger charge is 2.47. The molecule has 2 N–H and O–H groups in total. The minimum atomic E-state index is -1.97. The Morgan fingerprint density at radius 1 is 1.11 bits per heavy atom. The number of rotatable bonds is 6. The molecule has 0 aliphatic heterocycles. The summed E-state index contributed by atoms with van der Waals surface area (Å²) in [7, 11) is -1.97.